The molecule has 16 heavy (non-hydrogen) atoms. The zero-order chi connectivity index (χ0) is 11.5. The van der Waals surface area contributed by atoms with Crippen molar-refractivity contribution in [2.24, 2.45) is 0 Å². The lowest BCUT2D eigenvalue weighted by molar-refractivity contribution is 0.0706. The number of rotatable bonds is 2. The number of ether oxygens (including phenoxy) is 1. The molecule has 1 unspecified atom stereocenters. The van der Waals surface area contributed by atoms with Crippen molar-refractivity contribution in [3.05, 3.63) is 29.8 Å². The summed E-state index contributed by atoms with van der Waals surface area (Å²) in [6.45, 7) is 1.18. The maximum atomic E-state index is 13.3. The van der Waals surface area contributed by atoms with Crippen LogP contribution in [-0.4, -0.2) is 42.1 Å². The second-order valence-corrected chi connectivity index (χ2v) is 3.79. The van der Waals surface area contributed by atoms with Crippen molar-refractivity contribution >= 4 is 5.91 Å². The smallest absolute Gasteiger partial charge is 0.257 e. The zero-order valence-corrected chi connectivity index (χ0v) is 9.02. The highest BCUT2D eigenvalue weighted by Crippen LogP contribution is 2.15. The highest BCUT2D eigenvalue weighted by molar-refractivity contribution is 5.94. The predicted octanol–water partition coefficient (Wildman–Crippen LogP) is 1.08. The highest BCUT2D eigenvalue weighted by atomic mass is 19.1. The van der Waals surface area contributed by atoms with Crippen molar-refractivity contribution in [3.8, 4) is 0 Å². The number of carbonyl (C=O) groups is 1. The fraction of sp³-hybridized carbons (Fsp3) is 0.455. The first kappa shape index (κ1) is 11.0. The number of carbonyl (C=O) groups excluding carboxylic acids is 1. The van der Waals surface area contributed by atoms with Crippen LogP contribution in [0.25, 0.3) is 0 Å². The Hall–Kier alpha value is -1.49. The van der Waals surface area contributed by atoms with Crippen LogP contribution < -0.4 is 0 Å². The Balaban J connectivity index is 2.15. The third-order valence-corrected chi connectivity index (χ3v) is 2.78. The number of amides is 1. The molecule has 0 aromatic carbocycles. The molecule has 0 saturated carbocycles. The monoisotopic (exact) mass is 224 g/mol. The van der Waals surface area contributed by atoms with Crippen molar-refractivity contribution in [2.75, 3.05) is 20.3 Å². The number of hydrogen-bond acceptors (Lipinski definition) is 3. The van der Waals surface area contributed by atoms with E-state index < -0.39 is 5.82 Å². The van der Waals surface area contributed by atoms with Gasteiger partial charge in [0.15, 0.2) is 5.82 Å². The van der Waals surface area contributed by atoms with E-state index in [1.165, 1.54) is 17.2 Å². The SMILES string of the molecule is CN(C(=O)c1ccncc1F)C1CCOC1. The molecule has 1 aliphatic heterocycles. The highest BCUT2D eigenvalue weighted by Gasteiger charge is 2.26. The van der Waals surface area contributed by atoms with E-state index in [2.05, 4.69) is 4.98 Å². The Morgan fingerprint density at radius 1 is 1.69 bits per heavy atom. The quantitative estimate of drug-likeness (QED) is 0.755. The first-order valence-electron chi connectivity index (χ1n) is 5.14. The van der Waals surface area contributed by atoms with Crippen LogP contribution in [0.5, 0.6) is 0 Å². The summed E-state index contributed by atoms with van der Waals surface area (Å²) in [4.78, 5) is 17.1. The minimum Gasteiger partial charge on any atom is -0.379 e. The molecule has 5 heteroatoms. The number of halogens is 1. The molecular weight excluding hydrogens is 211 g/mol. The van der Waals surface area contributed by atoms with Crippen LogP contribution in [0.1, 0.15) is 16.8 Å². The van der Waals surface area contributed by atoms with Gasteiger partial charge in [-0.3, -0.25) is 9.78 Å². The topological polar surface area (TPSA) is 42.4 Å². The molecule has 0 bridgehead atoms. The summed E-state index contributed by atoms with van der Waals surface area (Å²) in [5.41, 5.74) is 0.0596. The van der Waals surface area contributed by atoms with Gasteiger partial charge in [0.05, 0.1) is 24.4 Å². The zero-order valence-electron chi connectivity index (χ0n) is 9.02. The van der Waals surface area contributed by atoms with Gasteiger partial charge in [-0.1, -0.05) is 0 Å². The van der Waals surface area contributed by atoms with Crippen LogP contribution in [0.4, 0.5) is 4.39 Å². The molecule has 2 rings (SSSR count). The van der Waals surface area contributed by atoms with Crippen LogP contribution in [0.15, 0.2) is 18.5 Å². The van der Waals surface area contributed by atoms with Crippen molar-refractivity contribution in [1.29, 1.82) is 0 Å². The van der Waals surface area contributed by atoms with Gasteiger partial charge >= 0.3 is 0 Å². The summed E-state index contributed by atoms with van der Waals surface area (Å²) in [5.74, 6) is -0.909. The summed E-state index contributed by atoms with van der Waals surface area (Å²) in [7, 11) is 1.67. The normalized spacial score (nSPS) is 19.8. The number of likely N-dealkylation sites (N-methyl/N-ethyl adjacent to an activating group) is 1. The molecule has 1 amide bonds. The Labute approximate surface area is 93.0 Å². The van der Waals surface area contributed by atoms with E-state index in [0.29, 0.717) is 13.2 Å². The molecule has 2 heterocycles. The van der Waals surface area contributed by atoms with E-state index in [0.717, 1.165) is 12.6 Å². The third kappa shape index (κ3) is 2.04. The Morgan fingerprint density at radius 3 is 3.12 bits per heavy atom. The number of aromatic nitrogens is 1. The van der Waals surface area contributed by atoms with Crippen LogP contribution in [0.3, 0.4) is 0 Å². The second-order valence-electron chi connectivity index (χ2n) is 3.79. The molecule has 1 aromatic rings. The molecule has 4 nitrogen and oxygen atoms in total. The first-order valence-corrected chi connectivity index (χ1v) is 5.14. The summed E-state index contributed by atoms with van der Waals surface area (Å²) in [6.07, 6.45) is 3.26. The van der Waals surface area contributed by atoms with Crippen LogP contribution in [0.2, 0.25) is 0 Å². The number of hydrogen-bond donors (Lipinski definition) is 0. The van der Waals surface area contributed by atoms with Crippen molar-refractivity contribution in [3.63, 3.8) is 0 Å². The Kier molecular flexibility index (Phi) is 3.14. The Bertz CT molecular complexity index is 391. The van der Waals surface area contributed by atoms with Crippen LogP contribution in [-0.2, 0) is 4.74 Å². The fourth-order valence-electron chi connectivity index (χ4n) is 1.73. The van der Waals surface area contributed by atoms with Gasteiger partial charge in [0, 0.05) is 19.9 Å². The average molecular weight is 224 g/mol. The lowest BCUT2D eigenvalue weighted by Gasteiger charge is -2.23. The molecule has 86 valence electrons. The molecule has 1 saturated heterocycles. The van der Waals surface area contributed by atoms with Crippen molar-refractivity contribution < 1.29 is 13.9 Å². The summed E-state index contributed by atoms with van der Waals surface area (Å²) in [6, 6.07) is 1.43. The second kappa shape index (κ2) is 4.57. The van der Waals surface area contributed by atoms with Gasteiger partial charge in [-0.05, 0) is 12.5 Å². The fourth-order valence-corrected chi connectivity index (χ4v) is 1.73. The standard InChI is InChI=1S/C11H13FN2O2/c1-14(8-3-5-16-7-8)11(15)9-2-4-13-6-10(9)12/h2,4,6,8H,3,5,7H2,1H3. The Morgan fingerprint density at radius 2 is 2.50 bits per heavy atom. The van der Waals surface area contributed by atoms with Gasteiger partial charge in [0.1, 0.15) is 0 Å². The van der Waals surface area contributed by atoms with Gasteiger partial charge < -0.3 is 9.64 Å². The van der Waals surface area contributed by atoms with E-state index in [-0.39, 0.29) is 17.5 Å². The molecule has 1 atom stereocenters. The molecule has 1 aromatic heterocycles. The van der Waals surface area contributed by atoms with E-state index in [4.69, 9.17) is 4.74 Å². The van der Waals surface area contributed by atoms with E-state index in [1.54, 1.807) is 7.05 Å². The molecule has 1 aliphatic rings. The number of nitrogens with zero attached hydrogens (tertiary/aromatic N) is 2. The first-order chi connectivity index (χ1) is 7.70. The lowest BCUT2D eigenvalue weighted by atomic mass is 10.2. The summed E-state index contributed by atoms with van der Waals surface area (Å²) in [5, 5.41) is 0. The molecule has 1 fully saturated rings. The number of pyridine rings is 1. The maximum Gasteiger partial charge on any atom is 0.257 e. The van der Waals surface area contributed by atoms with E-state index >= 15 is 0 Å². The molecule has 0 aliphatic carbocycles. The maximum absolute atomic E-state index is 13.3. The summed E-state index contributed by atoms with van der Waals surface area (Å²) >= 11 is 0. The molecular formula is C11H13FN2O2. The largest absolute Gasteiger partial charge is 0.379 e. The molecule has 0 N–H and O–H groups in total. The van der Waals surface area contributed by atoms with Gasteiger partial charge in [-0.25, -0.2) is 4.39 Å². The minimum absolute atomic E-state index is 0.0417. The van der Waals surface area contributed by atoms with Crippen molar-refractivity contribution in [2.45, 2.75) is 12.5 Å². The van der Waals surface area contributed by atoms with Gasteiger partial charge in [-0.15, -0.1) is 0 Å². The lowest BCUT2D eigenvalue weighted by Crippen LogP contribution is -2.37. The average Bonchev–Trinajstić information content (AvgIpc) is 2.81. The molecule has 0 radical (unpaired) electrons. The van der Waals surface area contributed by atoms with Gasteiger partial charge in [0.25, 0.3) is 5.91 Å². The van der Waals surface area contributed by atoms with E-state index in [1.807, 2.05) is 0 Å². The van der Waals surface area contributed by atoms with E-state index in [9.17, 15) is 9.18 Å². The molecule has 0 spiro atoms. The van der Waals surface area contributed by atoms with Crippen LogP contribution >= 0.6 is 0 Å². The minimum atomic E-state index is -0.585. The summed E-state index contributed by atoms with van der Waals surface area (Å²) < 4.78 is 18.5. The van der Waals surface area contributed by atoms with Crippen molar-refractivity contribution in [1.82, 2.24) is 9.88 Å². The van der Waals surface area contributed by atoms with Gasteiger partial charge in [0.2, 0.25) is 0 Å². The predicted molar refractivity (Wildman–Crippen MR) is 55.5 cm³/mol. The third-order valence-electron chi connectivity index (χ3n) is 2.78. The van der Waals surface area contributed by atoms with Crippen LogP contribution in [0, 0.1) is 5.82 Å². The van der Waals surface area contributed by atoms with Gasteiger partial charge in [-0.2, -0.15) is 0 Å².